The van der Waals surface area contributed by atoms with Crippen LogP contribution in [0.15, 0.2) is 73.3 Å². The largest absolute Gasteiger partial charge is 0.457 e. The van der Waals surface area contributed by atoms with Crippen LogP contribution in [0.5, 0.6) is 11.5 Å². The summed E-state index contributed by atoms with van der Waals surface area (Å²) in [6, 6.07) is 17.9. The summed E-state index contributed by atoms with van der Waals surface area (Å²) in [6.45, 7) is 6.15. The van der Waals surface area contributed by atoms with Gasteiger partial charge in [0.05, 0.1) is 29.5 Å². The van der Waals surface area contributed by atoms with Crippen molar-refractivity contribution >= 4 is 28.5 Å². The molecule has 0 bridgehead atoms. The van der Waals surface area contributed by atoms with Gasteiger partial charge in [-0.2, -0.15) is 5.10 Å². The van der Waals surface area contributed by atoms with E-state index in [1.54, 1.807) is 0 Å². The topological polar surface area (TPSA) is 123 Å². The third-order valence-electron chi connectivity index (χ3n) is 9.42. The Morgan fingerprint density at radius 3 is 2.25 bits per heavy atom. The van der Waals surface area contributed by atoms with Crippen molar-refractivity contribution in [1.29, 1.82) is 0 Å². The second-order valence-corrected chi connectivity index (χ2v) is 12.3. The molecule has 0 aliphatic carbocycles. The molecule has 3 fully saturated rings. The summed E-state index contributed by atoms with van der Waals surface area (Å²) in [5.41, 5.74) is 10.4. The molecule has 0 amide bonds. The highest BCUT2D eigenvalue weighted by atomic mass is 16.5. The van der Waals surface area contributed by atoms with Crippen LogP contribution in [-0.4, -0.2) is 69.0 Å². The lowest BCUT2D eigenvalue weighted by molar-refractivity contribution is 0.148. The van der Waals surface area contributed by atoms with E-state index < -0.39 is 0 Å². The van der Waals surface area contributed by atoms with E-state index in [4.69, 9.17) is 25.5 Å². The van der Waals surface area contributed by atoms with Crippen molar-refractivity contribution in [2.24, 2.45) is 5.41 Å². The van der Waals surface area contributed by atoms with Crippen LogP contribution in [0.4, 0.5) is 17.5 Å². The molecule has 5 aromatic rings. The van der Waals surface area contributed by atoms with E-state index in [9.17, 15) is 0 Å². The van der Waals surface area contributed by atoms with Crippen LogP contribution in [-0.2, 0) is 0 Å². The van der Waals surface area contributed by atoms with E-state index in [-0.39, 0.29) is 6.04 Å². The Balaban J connectivity index is 0.961. The molecule has 3 aliphatic rings. The number of hydrogen-bond donors (Lipinski definition) is 2. The molecule has 3 saturated heterocycles. The molecule has 0 radical (unpaired) electrons. The predicted molar refractivity (Wildman–Crippen MR) is 171 cm³/mol. The van der Waals surface area contributed by atoms with Crippen LogP contribution in [0, 0.1) is 5.41 Å². The van der Waals surface area contributed by atoms with E-state index in [1.807, 2.05) is 67.0 Å². The molecule has 2 aromatic carbocycles. The van der Waals surface area contributed by atoms with Crippen molar-refractivity contribution < 1.29 is 4.74 Å². The number of fused-ring (bicyclic) bond motifs is 1. The second-order valence-electron chi connectivity index (χ2n) is 12.3. The zero-order valence-corrected chi connectivity index (χ0v) is 24.6. The SMILES string of the molecule is Nc1ncnc2c1c(-c1ccc(Oc3ccccc3)cc1)nn2C1CCN(c2cnc(N3CC4(CCNCC4)C3)nc2)CC1. The maximum atomic E-state index is 6.40. The summed E-state index contributed by atoms with van der Waals surface area (Å²) in [4.78, 5) is 23.1. The molecule has 3 aromatic heterocycles. The van der Waals surface area contributed by atoms with Gasteiger partial charge in [0.25, 0.3) is 0 Å². The number of para-hydroxylation sites is 1. The first-order chi connectivity index (χ1) is 21.6. The number of nitrogens with zero attached hydrogens (tertiary/aromatic N) is 8. The minimum atomic E-state index is 0.194. The van der Waals surface area contributed by atoms with E-state index in [0.717, 1.165) is 97.5 Å². The zero-order chi connectivity index (χ0) is 29.5. The van der Waals surface area contributed by atoms with Crippen molar-refractivity contribution in [1.82, 2.24) is 35.0 Å². The monoisotopic (exact) mass is 588 g/mol. The van der Waals surface area contributed by atoms with Crippen LogP contribution >= 0.6 is 0 Å². The minimum absolute atomic E-state index is 0.194. The Labute approximate surface area is 256 Å². The smallest absolute Gasteiger partial charge is 0.225 e. The van der Waals surface area contributed by atoms with Gasteiger partial charge in [-0.25, -0.2) is 24.6 Å². The second kappa shape index (κ2) is 11.1. The molecule has 11 heteroatoms. The number of anilines is 3. The molecule has 0 atom stereocenters. The van der Waals surface area contributed by atoms with Gasteiger partial charge in [0.2, 0.25) is 5.95 Å². The first kappa shape index (κ1) is 26.8. The summed E-state index contributed by atoms with van der Waals surface area (Å²) < 4.78 is 8.04. The molecule has 3 N–H and O–H groups in total. The number of nitrogens with two attached hydrogens (primary N) is 1. The van der Waals surface area contributed by atoms with Gasteiger partial charge in [-0.05, 0) is 75.2 Å². The predicted octanol–water partition coefficient (Wildman–Crippen LogP) is 4.69. The standard InChI is InChI=1S/C33H36N10O/c34-30-28-29(23-6-8-27(9-7-23)44-26-4-2-1-3-5-26)40-43(31(28)39-22-38-30)24-10-16-41(17-11-24)25-18-36-32(37-19-25)42-20-33(21-42)12-14-35-15-13-33/h1-9,18-19,22,24,35H,10-17,20-21H2,(H2,34,38,39). The van der Waals surface area contributed by atoms with Crippen LogP contribution < -0.4 is 25.6 Å². The van der Waals surface area contributed by atoms with Crippen LogP contribution in [0.25, 0.3) is 22.3 Å². The third-order valence-corrected chi connectivity index (χ3v) is 9.42. The van der Waals surface area contributed by atoms with Crippen molar-refractivity contribution in [3.63, 3.8) is 0 Å². The maximum Gasteiger partial charge on any atom is 0.225 e. The summed E-state index contributed by atoms with van der Waals surface area (Å²) >= 11 is 0. The molecule has 11 nitrogen and oxygen atoms in total. The zero-order valence-electron chi connectivity index (χ0n) is 24.6. The fourth-order valence-corrected chi connectivity index (χ4v) is 6.95. The summed E-state index contributed by atoms with van der Waals surface area (Å²) in [7, 11) is 0. The van der Waals surface area contributed by atoms with Gasteiger partial charge < -0.3 is 25.6 Å². The average Bonchev–Trinajstić information content (AvgIpc) is 3.46. The molecular weight excluding hydrogens is 552 g/mol. The first-order valence-electron chi connectivity index (χ1n) is 15.5. The highest BCUT2D eigenvalue weighted by Crippen LogP contribution is 2.40. The third kappa shape index (κ3) is 4.96. The molecule has 0 saturated carbocycles. The number of nitrogen functional groups attached to an aromatic ring is 1. The Bertz CT molecular complexity index is 1730. The van der Waals surface area contributed by atoms with Crippen LogP contribution in [0.3, 0.4) is 0 Å². The highest BCUT2D eigenvalue weighted by molar-refractivity contribution is 5.98. The van der Waals surface area contributed by atoms with Gasteiger partial charge in [-0.1, -0.05) is 18.2 Å². The van der Waals surface area contributed by atoms with E-state index >= 15 is 0 Å². The molecule has 8 rings (SSSR count). The molecule has 224 valence electrons. The van der Waals surface area contributed by atoms with E-state index in [1.165, 1.54) is 19.2 Å². The quantitative estimate of drug-likeness (QED) is 0.289. The number of benzene rings is 2. The first-order valence-corrected chi connectivity index (χ1v) is 15.5. The lowest BCUT2D eigenvalue weighted by Gasteiger charge is -2.52. The number of nitrogens with one attached hydrogen (secondary N) is 1. The Morgan fingerprint density at radius 2 is 1.52 bits per heavy atom. The molecular formula is C33H36N10O. The lowest BCUT2D eigenvalue weighted by atomic mass is 9.72. The summed E-state index contributed by atoms with van der Waals surface area (Å²) in [5, 5.41) is 9.34. The normalized spacial score (nSPS) is 18.5. The molecule has 44 heavy (non-hydrogen) atoms. The van der Waals surface area contributed by atoms with Gasteiger partial charge in [0.15, 0.2) is 5.65 Å². The van der Waals surface area contributed by atoms with E-state index in [0.29, 0.717) is 11.2 Å². The summed E-state index contributed by atoms with van der Waals surface area (Å²) in [6.07, 6.45) is 9.84. The van der Waals surface area contributed by atoms with Gasteiger partial charge in [0, 0.05) is 37.2 Å². The van der Waals surface area contributed by atoms with Gasteiger partial charge >= 0.3 is 0 Å². The van der Waals surface area contributed by atoms with Crippen LogP contribution in [0.2, 0.25) is 0 Å². The molecule has 3 aliphatic heterocycles. The Morgan fingerprint density at radius 1 is 0.818 bits per heavy atom. The van der Waals surface area contributed by atoms with Gasteiger partial charge in [-0.15, -0.1) is 0 Å². The molecule has 6 heterocycles. The fraction of sp³-hybridized carbons (Fsp3) is 0.364. The van der Waals surface area contributed by atoms with Crippen molar-refractivity contribution in [3.8, 4) is 22.8 Å². The lowest BCUT2D eigenvalue weighted by Crippen LogP contribution is -2.60. The maximum absolute atomic E-state index is 6.40. The summed E-state index contributed by atoms with van der Waals surface area (Å²) in [5.74, 6) is 2.83. The average molecular weight is 589 g/mol. The van der Waals surface area contributed by atoms with Gasteiger partial charge in [0.1, 0.15) is 29.3 Å². The number of hydrogen-bond acceptors (Lipinski definition) is 10. The number of aromatic nitrogens is 6. The Kier molecular flexibility index (Phi) is 6.74. The number of piperidine rings is 2. The number of rotatable bonds is 6. The fourth-order valence-electron chi connectivity index (χ4n) is 6.95. The minimum Gasteiger partial charge on any atom is -0.457 e. The molecule has 1 spiro atoms. The highest BCUT2D eigenvalue weighted by Gasteiger charge is 2.44. The van der Waals surface area contributed by atoms with Crippen molar-refractivity contribution in [2.45, 2.75) is 31.7 Å². The van der Waals surface area contributed by atoms with E-state index in [2.05, 4.69) is 29.8 Å². The van der Waals surface area contributed by atoms with Crippen molar-refractivity contribution in [3.05, 3.63) is 73.3 Å². The Hall–Kier alpha value is -4.77. The molecule has 0 unspecified atom stereocenters. The van der Waals surface area contributed by atoms with Gasteiger partial charge in [-0.3, -0.25) is 0 Å². The van der Waals surface area contributed by atoms with Crippen LogP contribution in [0.1, 0.15) is 31.7 Å². The number of ether oxygens (including phenoxy) is 1. The van der Waals surface area contributed by atoms with Crippen molar-refractivity contribution in [2.75, 3.05) is 54.8 Å².